The number of nitro benzene ring substituents is 1. The highest BCUT2D eigenvalue weighted by Crippen LogP contribution is 2.47. The number of hydrogen-bond acceptors (Lipinski definition) is 8. The third-order valence-corrected chi connectivity index (χ3v) is 4.28. The second kappa shape index (κ2) is 5.82. The van der Waals surface area contributed by atoms with Gasteiger partial charge in [-0.3, -0.25) is 24.4 Å². The Balaban J connectivity index is 1.98. The number of ketones is 2. The molecule has 2 atom stereocenters. The molecule has 1 aromatic rings. The van der Waals surface area contributed by atoms with Crippen LogP contribution in [0.1, 0.15) is 32.8 Å². The molecule has 0 aliphatic carbocycles. The van der Waals surface area contributed by atoms with Gasteiger partial charge in [0.1, 0.15) is 0 Å². The zero-order valence-electron chi connectivity index (χ0n) is 14.3. The lowest BCUT2D eigenvalue weighted by Gasteiger charge is -2.26. The second-order valence-corrected chi connectivity index (χ2v) is 6.31. The number of aliphatic hydroxyl groups is 1. The Morgan fingerprint density at radius 1 is 1.19 bits per heavy atom. The molecular formula is C17H16N2O7. The van der Waals surface area contributed by atoms with Crippen LogP contribution < -0.4 is 0 Å². The van der Waals surface area contributed by atoms with Gasteiger partial charge in [-0.25, -0.2) is 0 Å². The molecule has 2 aliphatic heterocycles. The molecule has 0 saturated heterocycles. The number of rotatable bonds is 4. The van der Waals surface area contributed by atoms with Crippen LogP contribution >= 0.6 is 0 Å². The van der Waals surface area contributed by atoms with Gasteiger partial charge in [0, 0.05) is 17.7 Å². The molecule has 2 aliphatic rings. The molecule has 0 fully saturated rings. The van der Waals surface area contributed by atoms with Crippen molar-refractivity contribution in [3.8, 4) is 0 Å². The van der Waals surface area contributed by atoms with Crippen LogP contribution in [0.4, 0.5) is 5.69 Å². The summed E-state index contributed by atoms with van der Waals surface area (Å²) in [4.78, 5) is 39.7. The average Bonchev–Trinajstić information content (AvgIpc) is 3.05. The van der Waals surface area contributed by atoms with Crippen molar-refractivity contribution in [1.29, 1.82) is 0 Å². The van der Waals surface area contributed by atoms with E-state index in [0.29, 0.717) is 11.3 Å². The molecule has 0 unspecified atom stereocenters. The van der Waals surface area contributed by atoms with Gasteiger partial charge in [-0.1, -0.05) is 5.16 Å². The minimum atomic E-state index is -1.99. The van der Waals surface area contributed by atoms with Crippen molar-refractivity contribution >= 4 is 23.0 Å². The van der Waals surface area contributed by atoms with Crippen LogP contribution in [0.2, 0.25) is 0 Å². The summed E-state index contributed by atoms with van der Waals surface area (Å²) in [6, 6.07) is 5.62. The molecule has 1 spiro atoms. The SMILES string of the molecule is CC(=O)C1=C(C(C)=O)[C@](C)(O)O[C@]12CC(c1ccc([N+](=O)[O-])cc1)=NO2. The average molecular weight is 360 g/mol. The highest BCUT2D eigenvalue weighted by atomic mass is 16.8. The minimum absolute atomic E-state index is 0.0351. The first-order chi connectivity index (χ1) is 12.1. The first kappa shape index (κ1) is 17.9. The third kappa shape index (κ3) is 2.71. The molecule has 1 N–H and O–H groups in total. The highest BCUT2D eigenvalue weighted by Gasteiger charge is 2.60. The van der Waals surface area contributed by atoms with E-state index in [1.54, 1.807) is 0 Å². The van der Waals surface area contributed by atoms with E-state index >= 15 is 0 Å². The van der Waals surface area contributed by atoms with Crippen molar-refractivity contribution in [2.75, 3.05) is 0 Å². The number of hydrogen-bond donors (Lipinski definition) is 1. The molecule has 0 bridgehead atoms. The largest absolute Gasteiger partial charge is 0.362 e. The van der Waals surface area contributed by atoms with Crippen LogP contribution in [0.5, 0.6) is 0 Å². The van der Waals surface area contributed by atoms with Gasteiger partial charge in [0.25, 0.3) is 11.5 Å². The summed E-state index contributed by atoms with van der Waals surface area (Å²) >= 11 is 0. The molecule has 3 rings (SSSR count). The van der Waals surface area contributed by atoms with Crippen molar-refractivity contribution < 1.29 is 29.2 Å². The topological polar surface area (TPSA) is 128 Å². The van der Waals surface area contributed by atoms with Crippen LogP contribution in [0.25, 0.3) is 0 Å². The van der Waals surface area contributed by atoms with E-state index in [4.69, 9.17) is 9.57 Å². The van der Waals surface area contributed by atoms with Crippen LogP contribution in [0, 0.1) is 10.1 Å². The predicted molar refractivity (Wildman–Crippen MR) is 88.2 cm³/mol. The summed E-state index contributed by atoms with van der Waals surface area (Å²) in [6.45, 7) is 3.73. The Morgan fingerprint density at radius 2 is 1.77 bits per heavy atom. The van der Waals surface area contributed by atoms with Gasteiger partial charge in [-0.15, -0.1) is 0 Å². The fraction of sp³-hybridized carbons (Fsp3) is 0.353. The molecule has 0 amide bonds. The minimum Gasteiger partial charge on any atom is -0.362 e. The van der Waals surface area contributed by atoms with Crippen molar-refractivity contribution in [3.05, 3.63) is 51.1 Å². The molecule has 9 heteroatoms. The highest BCUT2D eigenvalue weighted by molar-refractivity contribution is 6.10. The maximum Gasteiger partial charge on any atom is 0.275 e. The van der Waals surface area contributed by atoms with Crippen LogP contribution in [-0.2, 0) is 19.2 Å². The predicted octanol–water partition coefficient (Wildman–Crippen LogP) is 1.63. The van der Waals surface area contributed by atoms with Crippen molar-refractivity contribution in [2.24, 2.45) is 5.16 Å². The van der Waals surface area contributed by atoms with Crippen LogP contribution in [0.3, 0.4) is 0 Å². The number of benzene rings is 1. The van der Waals surface area contributed by atoms with Gasteiger partial charge in [0.05, 0.1) is 28.2 Å². The van der Waals surface area contributed by atoms with Crippen LogP contribution in [0.15, 0.2) is 40.6 Å². The number of ether oxygens (including phenoxy) is 1. The first-order valence-electron chi connectivity index (χ1n) is 7.77. The van der Waals surface area contributed by atoms with Crippen molar-refractivity contribution in [1.82, 2.24) is 0 Å². The Labute approximate surface area is 148 Å². The van der Waals surface area contributed by atoms with Gasteiger partial charge >= 0.3 is 0 Å². The maximum absolute atomic E-state index is 12.2. The van der Waals surface area contributed by atoms with Gasteiger partial charge < -0.3 is 9.94 Å². The van der Waals surface area contributed by atoms with E-state index in [-0.39, 0.29) is 23.3 Å². The summed E-state index contributed by atoms with van der Waals surface area (Å²) in [6.07, 6.45) is -0.0351. The number of non-ortho nitro benzene ring substituents is 1. The summed E-state index contributed by atoms with van der Waals surface area (Å²) in [5, 5.41) is 25.1. The lowest BCUT2D eigenvalue weighted by atomic mass is 9.90. The van der Waals surface area contributed by atoms with Gasteiger partial charge in [-0.2, -0.15) is 0 Å². The number of carbonyl (C=O) groups is 2. The quantitative estimate of drug-likeness (QED) is 0.638. The van der Waals surface area contributed by atoms with Gasteiger partial charge in [0.2, 0.25) is 0 Å². The molecule has 1 aromatic carbocycles. The lowest BCUT2D eigenvalue weighted by Crippen LogP contribution is -2.39. The molecule has 136 valence electrons. The number of oxime groups is 1. The molecule has 9 nitrogen and oxygen atoms in total. The number of nitrogens with zero attached hydrogens (tertiary/aromatic N) is 2. The lowest BCUT2D eigenvalue weighted by molar-refractivity contribution is -0.384. The zero-order valence-corrected chi connectivity index (χ0v) is 14.3. The second-order valence-electron chi connectivity index (χ2n) is 6.31. The van der Waals surface area contributed by atoms with Gasteiger partial charge in [0.15, 0.2) is 17.4 Å². The maximum atomic E-state index is 12.2. The normalized spacial score (nSPS) is 27.5. The fourth-order valence-electron chi connectivity index (χ4n) is 3.33. The Hall–Kier alpha value is -2.91. The number of carbonyl (C=O) groups excluding carboxylic acids is 2. The molecule has 0 aromatic heterocycles. The van der Waals surface area contributed by atoms with E-state index in [2.05, 4.69) is 5.16 Å². The molecule has 0 saturated carbocycles. The monoisotopic (exact) mass is 360 g/mol. The summed E-state index contributed by atoms with van der Waals surface area (Å²) < 4.78 is 5.55. The Kier molecular flexibility index (Phi) is 4.01. The van der Waals surface area contributed by atoms with E-state index in [1.807, 2.05) is 0 Å². The summed E-state index contributed by atoms with van der Waals surface area (Å²) in [7, 11) is 0. The van der Waals surface area contributed by atoms with E-state index in [1.165, 1.54) is 45.0 Å². The third-order valence-electron chi connectivity index (χ3n) is 4.28. The molecular weight excluding hydrogens is 344 g/mol. The zero-order chi connectivity index (χ0) is 19.3. The van der Waals surface area contributed by atoms with E-state index in [9.17, 15) is 24.8 Å². The standard InChI is InChI=1S/C17H16N2O7/c1-9(20)14-15(10(2)21)17(25-16(14,3)22)8-13(18-26-17)11-4-6-12(7-5-11)19(23)24/h4-7,22H,8H2,1-3H3/t16-,17+/m1/s1. The van der Waals surface area contributed by atoms with E-state index in [0.717, 1.165) is 0 Å². The molecule has 26 heavy (non-hydrogen) atoms. The Bertz CT molecular complexity index is 883. The number of nitro groups is 1. The fourth-order valence-corrected chi connectivity index (χ4v) is 3.33. The Morgan fingerprint density at radius 3 is 2.27 bits per heavy atom. The molecule has 2 heterocycles. The first-order valence-corrected chi connectivity index (χ1v) is 7.77. The van der Waals surface area contributed by atoms with Crippen molar-refractivity contribution in [2.45, 2.75) is 38.8 Å². The number of Topliss-reactive ketones (excluding diaryl/α,β-unsaturated/α-hetero) is 2. The van der Waals surface area contributed by atoms with Gasteiger partial charge in [-0.05, 0) is 32.9 Å². The smallest absolute Gasteiger partial charge is 0.275 e. The van der Waals surface area contributed by atoms with Crippen molar-refractivity contribution in [3.63, 3.8) is 0 Å². The molecule has 0 radical (unpaired) electrons. The van der Waals surface area contributed by atoms with E-state index < -0.39 is 28.1 Å². The summed E-state index contributed by atoms with van der Waals surface area (Å²) in [5.74, 6) is -4.68. The van der Waals surface area contributed by atoms with Crippen LogP contribution in [-0.4, -0.2) is 38.9 Å². The summed E-state index contributed by atoms with van der Waals surface area (Å²) in [5.41, 5.74) is 0.598.